The van der Waals surface area contributed by atoms with Gasteiger partial charge in [-0.05, 0) is 25.7 Å². The Labute approximate surface area is 146 Å². The highest BCUT2D eigenvalue weighted by atomic mass is 16.5. The van der Waals surface area contributed by atoms with Gasteiger partial charge in [0.2, 0.25) is 5.90 Å². The average molecular weight is 345 g/mol. The standard InChI is InChI=1S/C17H23N5O3/c23-11-15-18-10-14-17(20-15)22(8-9-24-14)21-7-6-16(19-12-21)25-13-4-2-1-3-5-13/h6-7,10,13,23H,1-5,8-9,11-12H2. The molecule has 0 aromatic carbocycles. The van der Waals surface area contributed by atoms with Crippen molar-refractivity contribution >= 4 is 11.7 Å². The summed E-state index contributed by atoms with van der Waals surface area (Å²) in [4.78, 5) is 13.0. The van der Waals surface area contributed by atoms with E-state index < -0.39 is 0 Å². The van der Waals surface area contributed by atoms with Crippen LogP contribution >= 0.6 is 0 Å². The van der Waals surface area contributed by atoms with Crippen molar-refractivity contribution in [3.8, 4) is 5.75 Å². The second kappa shape index (κ2) is 7.26. The van der Waals surface area contributed by atoms with Crippen LogP contribution in [0.5, 0.6) is 5.75 Å². The van der Waals surface area contributed by atoms with Gasteiger partial charge in [0, 0.05) is 12.3 Å². The lowest BCUT2D eigenvalue weighted by atomic mass is 9.98. The first kappa shape index (κ1) is 16.1. The number of aliphatic imine (C=N–C) groups is 1. The topological polar surface area (TPSA) is 83.3 Å². The van der Waals surface area contributed by atoms with Gasteiger partial charge in [0.05, 0.1) is 12.7 Å². The van der Waals surface area contributed by atoms with Gasteiger partial charge in [-0.1, -0.05) is 6.42 Å². The zero-order valence-electron chi connectivity index (χ0n) is 14.2. The Morgan fingerprint density at radius 1 is 1.28 bits per heavy atom. The molecule has 134 valence electrons. The third kappa shape index (κ3) is 3.53. The molecule has 1 fully saturated rings. The van der Waals surface area contributed by atoms with Crippen LogP contribution in [0.3, 0.4) is 0 Å². The molecule has 0 spiro atoms. The number of nitrogens with zero attached hydrogens (tertiary/aromatic N) is 5. The van der Waals surface area contributed by atoms with Crippen molar-refractivity contribution in [2.45, 2.75) is 44.8 Å². The Morgan fingerprint density at radius 2 is 2.16 bits per heavy atom. The maximum Gasteiger partial charge on any atom is 0.212 e. The number of hydrogen-bond acceptors (Lipinski definition) is 8. The summed E-state index contributed by atoms with van der Waals surface area (Å²) in [5, 5.41) is 13.2. The van der Waals surface area contributed by atoms with E-state index in [2.05, 4.69) is 15.0 Å². The molecule has 0 atom stereocenters. The van der Waals surface area contributed by atoms with Gasteiger partial charge in [0.25, 0.3) is 0 Å². The Hall–Kier alpha value is -2.35. The second-order valence-electron chi connectivity index (χ2n) is 6.37. The van der Waals surface area contributed by atoms with E-state index in [0.29, 0.717) is 49.2 Å². The highest BCUT2D eigenvalue weighted by molar-refractivity contribution is 5.88. The predicted molar refractivity (Wildman–Crippen MR) is 92.0 cm³/mol. The van der Waals surface area contributed by atoms with Crippen molar-refractivity contribution in [1.82, 2.24) is 15.0 Å². The van der Waals surface area contributed by atoms with Gasteiger partial charge in [-0.3, -0.25) is 10.0 Å². The van der Waals surface area contributed by atoms with Crippen molar-refractivity contribution in [2.24, 2.45) is 4.99 Å². The van der Waals surface area contributed by atoms with E-state index in [4.69, 9.17) is 9.47 Å². The average Bonchev–Trinajstić information content (AvgIpc) is 2.68. The normalized spacial score (nSPS) is 20.8. The monoisotopic (exact) mass is 345 g/mol. The first-order valence-electron chi connectivity index (χ1n) is 8.86. The van der Waals surface area contributed by atoms with Crippen LogP contribution in [0.25, 0.3) is 0 Å². The maximum absolute atomic E-state index is 9.28. The molecule has 2 aliphatic heterocycles. The van der Waals surface area contributed by atoms with Gasteiger partial charge in [-0.15, -0.1) is 0 Å². The van der Waals surface area contributed by atoms with E-state index in [1.165, 1.54) is 19.3 Å². The number of aliphatic hydroxyl groups excluding tert-OH is 1. The zero-order chi connectivity index (χ0) is 17.1. The molecule has 25 heavy (non-hydrogen) atoms. The lowest BCUT2D eigenvalue weighted by molar-refractivity contribution is 0.141. The molecule has 0 unspecified atom stereocenters. The molecular weight excluding hydrogens is 322 g/mol. The molecule has 8 nitrogen and oxygen atoms in total. The first-order valence-corrected chi connectivity index (χ1v) is 8.86. The number of aliphatic hydroxyl groups is 1. The van der Waals surface area contributed by atoms with Crippen molar-refractivity contribution < 1.29 is 14.6 Å². The molecular formula is C17H23N5O3. The highest BCUT2D eigenvalue weighted by Gasteiger charge is 2.26. The van der Waals surface area contributed by atoms with Gasteiger partial charge in [-0.25, -0.2) is 15.0 Å². The molecule has 0 bridgehead atoms. The summed E-state index contributed by atoms with van der Waals surface area (Å²) in [7, 11) is 0. The van der Waals surface area contributed by atoms with Crippen LogP contribution in [0, 0.1) is 0 Å². The smallest absolute Gasteiger partial charge is 0.212 e. The zero-order valence-corrected chi connectivity index (χ0v) is 14.2. The summed E-state index contributed by atoms with van der Waals surface area (Å²) >= 11 is 0. The van der Waals surface area contributed by atoms with Gasteiger partial charge in [0.15, 0.2) is 17.4 Å². The van der Waals surface area contributed by atoms with E-state index in [1.807, 2.05) is 22.3 Å². The number of ether oxygens (including phenoxy) is 2. The van der Waals surface area contributed by atoms with E-state index in [0.717, 1.165) is 12.8 Å². The van der Waals surface area contributed by atoms with E-state index >= 15 is 0 Å². The molecule has 1 N–H and O–H groups in total. The molecule has 0 radical (unpaired) electrons. The minimum Gasteiger partial charge on any atom is -0.486 e. The predicted octanol–water partition coefficient (Wildman–Crippen LogP) is 1.62. The Morgan fingerprint density at radius 3 is 2.92 bits per heavy atom. The van der Waals surface area contributed by atoms with Crippen molar-refractivity contribution in [3.63, 3.8) is 0 Å². The molecule has 1 saturated carbocycles. The molecule has 8 heteroatoms. The van der Waals surface area contributed by atoms with Crippen molar-refractivity contribution in [3.05, 3.63) is 24.3 Å². The largest absolute Gasteiger partial charge is 0.486 e. The molecule has 1 aromatic rings. The van der Waals surface area contributed by atoms with Crippen LogP contribution in [0.15, 0.2) is 23.5 Å². The minimum atomic E-state index is -0.200. The van der Waals surface area contributed by atoms with Gasteiger partial charge in [-0.2, -0.15) is 0 Å². The summed E-state index contributed by atoms with van der Waals surface area (Å²) in [5.41, 5.74) is 0. The Balaban J connectivity index is 1.44. The van der Waals surface area contributed by atoms with E-state index in [9.17, 15) is 5.11 Å². The maximum atomic E-state index is 9.28. The Bertz CT molecular complexity index is 672. The molecule has 1 aliphatic carbocycles. The van der Waals surface area contributed by atoms with Crippen LogP contribution in [-0.2, 0) is 11.3 Å². The quantitative estimate of drug-likeness (QED) is 0.891. The van der Waals surface area contributed by atoms with Crippen LogP contribution in [-0.4, -0.2) is 51.9 Å². The van der Waals surface area contributed by atoms with Crippen molar-refractivity contribution in [2.75, 3.05) is 24.8 Å². The number of hydrogen-bond donors (Lipinski definition) is 1. The molecule has 0 saturated heterocycles. The second-order valence-corrected chi connectivity index (χ2v) is 6.37. The summed E-state index contributed by atoms with van der Waals surface area (Å²) in [6, 6.07) is 0. The lowest BCUT2D eigenvalue weighted by Gasteiger charge is -2.38. The SMILES string of the molecule is OCc1ncc2c(n1)N(N1C=CC(OC3CCCCC3)=NC1)CCO2. The fraction of sp³-hybridized carbons (Fsp3) is 0.588. The van der Waals surface area contributed by atoms with Crippen molar-refractivity contribution in [1.29, 1.82) is 0 Å². The highest BCUT2D eigenvalue weighted by Crippen LogP contribution is 2.30. The van der Waals surface area contributed by atoms with Gasteiger partial charge < -0.3 is 14.6 Å². The number of rotatable bonds is 3. The summed E-state index contributed by atoms with van der Waals surface area (Å²) in [6.45, 7) is 1.48. The summed E-state index contributed by atoms with van der Waals surface area (Å²) in [6.07, 6.45) is 11.8. The fourth-order valence-corrected chi connectivity index (χ4v) is 3.34. The molecule has 0 amide bonds. The van der Waals surface area contributed by atoms with Crippen LogP contribution in [0.4, 0.5) is 5.82 Å². The third-order valence-corrected chi connectivity index (χ3v) is 4.64. The first-order chi connectivity index (χ1) is 12.3. The number of fused-ring (bicyclic) bond motifs is 1. The van der Waals surface area contributed by atoms with E-state index in [-0.39, 0.29) is 6.61 Å². The molecule has 4 rings (SSSR count). The van der Waals surface area contributed by atoms with E-state index in [1.54, 1.807) is 6.20 Å². The molecule has 3 heterocycles. The number of aromatic nitrogens is 2. The van der Waals surface area contributed by atoms with Crippen LogP contribution < -0.4 is 9.75 Å². The summed E-state index contributed by atoms with van der Waals surface area (Å²) in [5.74, 6) is 2.35. The van der Waals surface area contributed by atoms with Gasteiger partial charge >= 0.3 is 0 Å². The molecule has 1 aromatic heterocycles. The van der Waals surface area contributed by atoms with Crippen LogP contribution in [0.1, 0.15) is 37.9 Å². The lowest BCUT2D eigenvalue weighted by Crippen LogP contribution is -2.46. The summed E-state index contributed by atoms with van der Waals surface area (Å²) < 4.78 is 11.6. The number of anilines is 1. The molecule has 3 aliphatic rings. The Kier molecular flexibility index (Phi) is 4.69. The van der Waals surface area contributed by atoms with Gasteiger partial charge in [0.1, 0.15) is 26.0 Å². The fourth-order valence-electron chi connectivity index (χ4n) is 3.34. The third-order valence-electron chi connectivity index (χ3n) is 4.64. The van der Waals surface area contributed by atoms with Crippen LogP contribution in [0.2, 0.25) is 0 Å². The number of hydrazine groups is 1. The minimum absolute atomic E-state index is 0.200.